The maximum Gasteiger partial charge on any atom is 0.334 e. The fourth-order valence-electron chi connectivity index (χ4n) is 4.22. The highest BCUT2D eigenvalue weighted by Gasteiger charge is 2.66. The topological polar surface area (TPSA) is 63.6 Å². The minimum Gasteiger partial charge on any atom is -0.454 e. The first kappa shape index (κ1) is 18.9. The lowest BCUT2D eigenvalue weighted by molar-refractivity contribution is -0.171. The van der Waals surface area contributed by atoms with Gasteiger partial charge in [0, 0.05) is 12.0 Å². The number of ketones is 1. The van der Waals surface area contributed by atoms with E-state index in [2.05, 4.69) is 0 Å². The van der Waals surface area contributed by atoms with Crippen LogP contribution in [0.25, 0.3) is 0 Å². The third-order valence-electron chi connectivity index (χ3n) is 6.20. The van der Waals surface area contributed by atoms with E-state index in [1.165, 1.54) is 0 Å². The van der Waals surface area contributed by atoms with Crippen LogP contribution in [0.2, 0.25) is 0 Å². The minimum absolute atomic E-state index is 0.00872. The van der Waals surface area contributed by atoms with Gasteiger partial charge in [0.1, 0.15) is 11.9 Å². The quantitative estimate of drug-likeness (QED) is 0.487. The molecule has 0 aromatic heterocycles. The molecule has 24 heavy (non-hydrogen) atoms. The van der Waals surface area contributed by atoms with Gasteiger partial charge in [-0.2, -0.15) is 0 Å². The number of esters is 1. The van der Waals surface area contributed by atoms with Crippen LogP contribution in [-0.4, -0.2) is 28.6 Å². The zero-order chi connectivity index (χ0) is 18.3. The normalized spacial score (nSPS) is 37.1. The van der Waals surface area contributed by atoms with Crippen molar-refractivity contribution in [3.8, 4) is 0 Å². The molecule has 1 saturated carbocycles. The summed E-state index contributed by atoms with van der Waals surface area (Å²) in [6.07, 6.45) is 4.39. The zero-order valence-corrected chi connectivity index (χ0v) is 15.7. The van der Waals surface area contributed by atoms with Crippen LogP contribution in [-0.2, 0) is 14.3 Å². The molecule has 1 unspecified atom stereocenters. The van der Waals surface area contributed by atoms with E-state index in [1.54, 1.807) is 26.8 Å². The number of carbonyl (C=O) groups excluding carboxylic acids is 2. The van der Waals surface area contributed by atoms with Gasteiger partial charge < -0.3 is 9.84 Å². The fourth-order valence-corrected chi connectivity index (χ4v) is 4.22. The monoisotopic (exact) mass is 334 g/mol. The van der Waals surface area contributed by atoms with Crippen LogP contribution in [0.1, 0.15) is 60.8 Å². The van der Waals surface area contributed by atoms with E-state index in [-0.39, 0.29) is 17.6 Å². The first-order chi connectivity index (χ1) is 11.1. The van der Waals surface area contributed by atoms with Gasteiger partial charge in [0.15, 0.2) is 0 Å². The van der Waals surface area contributed by atoms with E-state index in [1.807, 2.05) is 26.8 Å². The third kappa shape index (κ3) is 2.75. The molecule has 0 aliphatic heterocycles. The molecule has 0 radical (unpaired) electrons. The molecule has 4 nitrogen and oxygen atoms in total. The van der Waals surface area contributed by atoms with Gasteiger partial charge in [-0.05, 0) is 58.4 Å². The Hall–Kier alpha value is -1.42. The summed E-state index contributed by atoms with van der Waals surface area (Å²) in [5, 5.41) is 11.6. The Bertz CT molecular complexity index is 601. The summed E-state index contributed by atoms with van der Waals surface area (Å²) in [4.78, 5) is 25.3. The zero-order valence-electron chi connectivity index (χ0n) is 15.7. The molecule has 1 N–H and O–H groups in total. The fraction of sp³-hybridized carbons (Fsp3) is 0.700. The lowest BCUT2D eigenvalue weighted by Gasteiger charge is -2.44. The lowest BCUT2D eigenvalue weighted by atomic mass is 9.65. The molecule has 2 rings (SSSR count). The number of ether oxygens (including phenoxy) is 1. The Morgan fingerprint density at radius 1 is 1.46 bits per heavy atom. The Balaban J connectivity index is 2.50. The van der Waals surface area contributed by atoms with Gasteiger partial charge in [-0.1, -0.05) is 25.5 Å². The van der Waals surface area contributed by atoms with Gasteiger partial charge in [0.05, 0.1) is 11.0 Å². The van der Waals surface area contributed by atoms with Crippen LogP contribution in [0.3, 0.4) is 0 Å². The molecule has 0 aromatic carbocycles. The number of hydrogen-bond donors (Lipinski definition) is 1. The maximum atomic E-state index is 12.9. The number of allylic oxidation sites excluding steroid dienone is 2. The standard InChI is InChI=1S/C20H30O4/c1-7-14(5)18(22)24-17-10-13(4)8-9-20(23)15(12(2)3)11-16(21)19(17,20)6/h7,10,12,15,17,23H,8-9,11H2,1-6H3/b14-7-/t15?,17-,19-,20-/m1/s1. The Morgan fingerprint density at radius 3 is 2.62 bits per heavy atom. The van der Waals surface area contributed by atoms with Gasteiger partial charge in [-0.25, -0.2) is 4.79 Å². The van der Waals surface area contributed by atoms with Crippen molar-refractivity contribution < 1.29 is 19.4 Å². The van der Waals surface area contributed by atoms with E-state index in [9.17, 15) is 14.7 Å². The molecule has 0 spiro atoms. The van der Waals surface area contributed by atoms with Crippen molar-refractivity contribution in [1.82, 2.24) is 0 Å². The second-order valence-electron chi connectivity index (χ2n) is 7.92. The molecule has 134 valence electrons. The number of hydrogen-bond acceptors (Lipinski definition) is 4. The van der Waals surface area contributed by atoms with Gasteiger partial charge in [-0.15, -0.1) is 0 Å². The van der Waals surface area contributed by atoms with Crippen molar-refractivity contribution in [3.63, 3.8) is 0 Å². The molecular weight excluding hydrogens is 304 g/mol. The Labute approximate surface area is 145 Å². The summed E-state index contributed by atoms with van der Waals surface area (Å²) in [5.74, 6) is -0.366. The molecule has 0 bridgehead atoms. The molecule has 0 aromatic rings. The van der Waals surface area contributed by atoms with Crippen molar-refractivity contribution in [2.24, 2.45) is 17.3 Å². The first-order valence-corrected chi connectivity index (χ1v) is 8.84. The van der Waals surface area contributed by atoms with Crippen molar-refractivity contribution in [3.05, 3.63) is 23.3 Å². The van der Waals surface area contributed by atoms with E-state index in [4.69, 9.17) is 4.74 Å². The SMILES string of the molecule is C/C=C(/C)C(=O)O[C@@H]1C=C(C)CC[C@@]2(O)C(C(C)C)CC(=O)[C@]12C. The molecule has 0 heterocycles. The van der Waals surface area contributed by atoms with E-state index in [0.717, 1.165) is 5.57 Å². The molecule has 4 heteroatoms. The van der Waals surface area contributed by atoms with Gasteiger partial charge in [0.25, 0.3) is 0 Å². The number of Topliss-reactive ketones (excluding diaryl/α,β-unsaturated/α-hetero) is 1. The summed E-state index contributed by atoms with van der Waals surface area (Å²) >= 11 is 0. The van der Waals surface area contributed by atoms with E-state index >= 15 is 0 Å². The predicted octanol–water partition coefficient (Wildman–Crippen LogP) is 3.59. The summed E-state index contributed by atoms with van der Waals surface area (Å²) in [6, 6.07) is 0. The van der Waals surface area contributed by atoms with E-state index in [0.29, 0.717) is 24.8 Å². The number of fused-ring (bicyclic) bond motifs is 1. The van der Waals surface area contributed by atoms with Crippen LogP contribution in [0.4, 0.5) is 0 Å². The highest BCUT2D eigenvalue weighted by molar-refractivity contribution is 5.92. The van der Waals surface area contributed by atoms with Crippen LogP contribution >= 0.6 is 0 Å². The molecule has 4 atom stereocenters. The van der Waals surface area contributed by atoms with Crippen LogP contribution in [0, 0.1) is 17.3 Å². The average Bonchev–Trinajstić information content (AvgIpc) is 2.67. The van der Waals surface area contributed by atoms with Crippen LogP contribution in [0.15, 0.2) is 23.3 Å². The van der Waals surface area contributed by atoms with Crippen LogP contribution < -0.4 is 0 Å². The number of aliphatic hydroxyl groups is 1. The molecule has 0 amide bonds. The highest BCUT2D eigenvalue weighted by Crippen LogP contribution is 2.56. The summed E-state index contributed by atoms with van der Waals surface area (Å²) < 4.78 is 5.71. The summed E-state index contributed by atoms with van der Waals surface area (Å²) in [5.41, 5.74) is -0.696. The largest absolute Gasteiger partial charge is 0.454 e. The molecular formula is C20H30O4. The smallest absolute Gasteiger partial charge is 0.334 e. The predicted molar refractivity (Wildman–Crippen MR) is 93.3 cm³/mol. The average molecular weight is 334 g/mol. The maximum absolute atomic E-state index is 12.9. The first-order valence-electron chi connectivity index (χ1n) is 8.84. The number of rotatable bonds is 3. The minimum atomic E-state index is -1.15. The molecule has 0 saturated heterocycles. The van der Waals surface area contributed by atoms with Crippen molar-refractivity contribution >= 4 is 11.8 Å². The summed E-state index contributed by atoms with van der Waals surface area (Å²) in [6.45, 7) is 11.3. The molecule has 2 aliphatic carbocycles. The lowest BCUT2D eigenvalue weighted by Crippen LogP contribution is -2.56. The summed E-state index contributed by atoms with van der Waals surface area (Å²) in [7, 11) is 0. The number of carbonyl (C=O) groups is 2. The van der Waals surface area contributed by atoms with E-state index < -0.39 is 23.1 Å². The van der Waals surface area contributed by atoms with Crippen molar-refractivity contribution in [1.29, 1.82) is 0 Å². The van der Waals surface area contributed by atoms with Gasteiger partial charge >= 0.3 is 5.97 Å². The Kier molecular flexibility index (Phi) is 5.10. The second-order valence-corrected chi connectivity index (χ2v) is 7.92. The third-order valence-corrected chi connectivity index (χ3v) is 6.20. The van der Waals surface area contributed by atoms with Crippen molar-refractivity contribution in [2.45, 2.75) is 72.5 Å². The van der Waals surface area contributed by atoms with Crippen LogP contribution in [0.5, 0.6) is 0 Å². The molecule has 2 aliphatic rings. The van der Waals surface area contributed by atoms with Gasteiger partial charge in [0.2, 0.25) is 0 Å². The van der Waals surface area contributed by atoms with Crippen molar-refractivity contribution in [2.75, 3.05) is 0 Å². The molecule has 1 fully saturated rings. The Morgan fingerprint density at radius 2 is 2.08 bits per heavy atom. The highest BCUT2D eigenvalue weighted by atomic mass is 16.5. The second kappa shape index (κ2) is 6.47. The van der Waals surface area contributed by atoms with Gasteiger partial charge in [-0.3, -0.25) is 4.79 Å².